The van der Waals surface area contributed by atoms with E-state index in [1.54, 1.807) is 23.9 Å². The van der Waals surface area contributed by atoms with E-state index in [4.69, 9.17) is 40.5 Å². The second-order valence-electron chi connectivity index (χ2n) is 4.46. The predicted molar refractivity (Wildman–Crippen MR) is 91.4 cm³/mol. The van der Waals surface area contributed by atoms with Gasteiger partial charge in [0.25, 0.3) is 0 Å². The lowest BCUT2D eigenvalue weighted by Crippen LogP contribution is -1.98. The third kappa shape index (κ3) is 2.53. The summed E-state index contributed by atoms with van der Waals surface area (Å²) in [7, 11) is 1.79. The molecule has 0 atom stereocenters. The molecule has 108 valence electrons. The maximum absolute atomic E-state index is 6.23. The Hall–Kier alpha value is -1.20. The fraction of sp³-hybridized carbons (Fsp3) is 0.0714. The van der Waals surface area contributed by atoms with Crippen molar-refractivity contribution < 1.29 is 0 Å². The Morgan fingerprint density at radius 1 is 1.10 bits per heavy atom. The fourth-order valence-electron chi connectivity index (χ4n) is 2.09. The van der Waals surface area contributed by atoms with Crippen molar-refractivity contribution in [3.8, 4) is 21.7 Å². The van der Waals surface area contributed by atoms with Crippen LogP contribution in [0.1, 0.15) is 0 Å². The quantitative estimate of drug-likeness (QED) is 0.670. The van der Waals surface area contributed by atoms with E-state index in [1.165, 1.54) is 11.3 Å². The standard InChI is InChI=1S/C14H10Cl3N3S/c1-20-14(18)11(7-2-3-8(15)10(17)6-7)12(19-20)13-9(16)4-5-21-13/h2-6H,18H2,1H3. The summed E-state index contributed by atoms with van der Waals surface area (Å²) in [6.45, 7) is 0. The molecule has 7 heteroatoms. The average molecular weight is 359 g/mol. The third-order valence-corrected chi connectivity index (χ3v) is 5.22. The van der Waals surface area contributed by atoms with Crippen LogP contribution in [0.4, 0.5) is 5.82 Å². The third-order valence-electron chi connectivity index (χ3n) is 3.13. The largest absolute Gasteiger partial charge is 0.383 e. The van der Waals surface area contributed by atoms with Gasteiger partial charge in [-0.15, -0.1) is 11.3 Å². The number of aromatic nitrogens is 2. The Kier molecular flexibility index (Phi) is 3.88. The first-order valence-electron chi connectivity index (χ1n) is 6.00. The summed E-state index contributed by atoms with van der Waals surface area (Å²) in [4.78, 5) is 0.880. The number of aryl methyl sites for hydroxylation is 1. The molecule has 0 aliphatic rings. The molecule has 0 unspecified atom stereocenters. The van der Waals surface area contributed by atoms with Crippen LogP contribution in [-0.4, -0.2) is 9.78 Å². The molecule has 3 nitrogen and oxygen atoms in total. The van der Waals surface area contributed by atoms with Crippen molar-refractivity contribution in [1.82, 2.24) is 9.78 Å². The molecule has 0 saturated heterocycles. The number of rotatable bonds is 2. The number of hydrogen-bond donors (Lipinski definition) is 1. The highest BCUT2D eigenvalue weighted by Gasteiger charge is 2.20. The summed E-state index contributed by atoms with van der Waals surface area (Å²) in [6.07, 6.45) is 0. The lowest BCUT2D eigenvalue weighted by molar-refractivity contribution is 0.783. The molecule has 0 amide bonds. The molecule has 3 rings (SSSR count). The first-order valence-corrected chi connectivity index (χ1v) is 8.01. The molecule has 0 bridgehead atoms. The van der Waals surface area contributed by atoms with E-state index in [0.29, 0.717) is 20.9 Å². The highest BCUT2D eigenvalue weighted by Crippen LogP contribution is 2.42. The zero-order valence-electron chi connectivity index (χ0n) is 10.9. The van der Waals surface area contributed by atoms with Gasteiger partial charge in [0, 0.05) is 7.05 Å². The molecule has 0 aliphatic heterocycles. The molecule has 0 fully saturated rings. The van der Waals surface area contributed by atoms with Gasteiger partial charge in [-0.1, -0.05) is 40.9 Å². The monoisotopic (exact) mass is 357 g/mol. The van der Waals surface area contributed by atoms with E-state index in [-0.39, 0.29) is 0 Å². The van der Waals surface area contributed by atoms with Gasteiger partial charge >= 0.3 is 0 Å². The normalized spacial score (nSPS) is 11.0. The highest BCUT2D eigenvalue weighted by atomic mass is 35.5. The van der Waals surface area contributed by atoms with Crippen molar-refractivity contribution in [1.29, 1.82) is 0 Å². The molecular formula is C14H10Cl3N3S. The number of anilines is 1. The molecule has 21 heavy (non-hydrogen) atoms. The van der Waals surface area contributed by atoms with Crippen molar-refractivity contribution >= 4 is 52.0 Å². The number of benzene rings is 1. The molecule has 0 radical (unpaired) electrons. The Balaban J connectivity index is 2.27. The molecule has 0 saturated carbocycles. The summed E-state index contributed by atoms with van der Waals surface area (Å²) in [5.41, 5.74) is 8.57. The molecule has 1 aromatic carbocycles. The van der Waals surface area contributed by atoms with Crippen LogP contribution in [0.15, 0.2) is 29.6 Å². The van der Waals surface area contributed by atoms with Crippen molar-refractivity contribution in [2.45, 2.75) is 0 Å². The van der Waals surface area contributed by atoms with Crippen LogP contribution in [0.3, 0.4) is 0 Å². The van der Waals surface area contributed by atoms with Crippen molar-refractivity contribution in [3.63, 3.8) is 0 Å². The average Bonchev–Trinajstić information content (AvgIpc) is 2.98. The lowest BCUT2D eigenvalue weighted by Gasteiger charge is -2.05. The summed E-state index contributed by atoms with van der Waals surface area (Å²) in [5, 5.41) is 8.03. The minimum atomic E-state index is 0.473. The van der Waals surface area contributed by atoms with Gasteiger partial charge in [0.2, 0.25) is 0 Å². The fourth-order valence-corrected chi connectivity index (χ4v) is 3.53. The second kappa shape index (κ2) is 5.54. The lowest BCUT2D eigenvalue weighted by atomic mass is 10.0. The topological polar surface area (TPSA) is 43.8 Å². The summed E-state index contributed by atoms with van der Waals surface area (Å²) < 4.78 is 1.63. The zero-order chi connectivity index (χ0) is 15.1. The van der Waals surface area contributed by atoms with Crippen molar-refractivity contribution in [2.24, 2.45) is 7.05 Å². The van der Waals surface area contributed by atoms with Crippen molar-refractivity contribution in [3.05, 3.63) is 44.7 Å². The minimum Gasteiger partial charge on any atom is -0.383 e. The SMILES string of the molecule is Cn1nc(-c2sccc2Cl)c(-c2ccc(Cl)c(Cl)c2)c1N. The van der Waals surface area contributed by atoms with Gasteiger partial charge in [-0.3, -0.25) is 4.68 Å². The van der Waals surface area contributed by atoms with E-state index in [0.717, 1.165) is 21.7 Å². The number of halogens is 3. The number of hydrogen-bond acceptors (Lipinski definition) is 3. The summed E-state index contributed by atoms with van der Waals surface area (Å²) in [6, 6.07) is 7.23. The van der Waals surface area contributed by atoms with Crippen molar-refractivity contribution in [2.75, 3.05) is 5.73 Å². The van der Waals surface area contributed by atoms with Crippen LogP contribution in [0, 0.1) is 0 Å². The van der Waals surface area contributed by atoms with Gasteiger partial charge in [-0.25, -0.2) is 0 Å². The summed E-state index contributed by atoms with van der Waals surface area (Å²) >= 11 is 19.8. The highest BCUT2D eigenvalue weighted by molar-refractivity contribution is 7.14. The van der Waals surface area contributed by atoms with Crippen LogP contribution >= 0.6 is 46.1 Å². The number of nitrogens with two attached hydrogens (primary N) is 1. The van der Waals surface area contributed by atoms with E-state index >= 15 is 0 Å². The first kappa shape index (κ1) is 14.7. The molecule has 0 aliphatic carbocycles. The smallest absolute Gasteiger partial charge is 0.129 e. The Bertz CT molecular complexity index is 823. The molecule has 0 spiro atoms. The van der Waals surface area contributed by atoms with Crippen LogP contribution in [0.5, 0.6) is 0 Å². The number of nitrogens with zero attached hydrogens (tertiary/aromatic N) is 2. The van der Waals surface area contributed by atoms with Gasteiger partial charge in [-0.2, -0.15) is 5.10 Å². The van der Waals surface area contributed by atoms with E-state index < -0.39 is 0 Å². The predicted octanol–water partition coefficient (Wildman–Crippen LogP) is 5.36. The van der Waals surface area contributed by atoms with Gasteiger partial charge in [0.1, 0.15) is 11.5 Å². The maximum atomic E-state index is 6.23. The zero-order valence-corrected chi connectivity index (χ0v) is 14.0. The van der Waals surface area contributed by atoms with E-state index in [2.05, 4.69) is 5.10 Å². The van der Waals surface area contributed by atoms with Crippen LogP contribution < -0.4 is 5.73 Å². The Morgan fingerprint density at radius 2 is 1.86 bits per heavy atom. The van der Waals surface area contributed by atoms with Gasteiger partial charge in [0.15, 0.2) is 0 Å². The van der Waals surface area contributed by atoms with Crippen LogP contribution in [0.25, 0.3) is 21.7 Å². The minimum absolute atomic E-state index is 0.473. The molecule has 2 N–H and O–H groups in total. The van der Waals surface area contributed by atoms with Gasteiger partial charge in [0.05, 0.1) is 25.5 Å². The number of nitrogen functional groups attached to an aromatic ring is 1. The number of thiophene rings is 1. The van der Waals surface area contributed by atoms with Gasteiger partial charge < -0.3 is 5.73 Å². The van der Waals surface area contributed by atoms with E-state index in [9.17, 15) is 0 Å². The summed E-state index contributed by atoms with van der Waals surface area (Å²) in [5.74, 6) is 0.549. The first-order chi connectivity index (χ1) is 9.99. The van der Waals surface area contributed by atoms with Crippen LogP contribution in [-0.2, 0) is 7.05 Å². The molecular weight excluding hydrogens is 349 g/mol. The molecule has 2 heterocycles. The van der Waals surface area contributed by atoms with E-state index in [1.807, 2.05) is 17.5 Å². The van der Waals surface area contributed by atoms with Crippen LogP contribution in [0.2, 0.25) is 15.1 Å². The Morgan fingerprint density at radius 3 is 2.48 bits per heavy atom. The van der Waals surface area contributed by atoms with Gasteiger partial charge in [-0.05, 0) is 29.1 Å². The maximum Gasteiger partial charge on any atom is 0.129 e. The molecule has 2 aromatic heterocycles. The molecule has 3 aromatic rings. The Labute approximate surface area is 140 Å². The second-order valence-corrected chi connectivity index (χ2v) is 6.60.